The van der Waals surface area contributed by atoms with Crippen LogP contribution >= 0.6 is 35.3 Å². The molecule has 1 fully saturated rings. The lowest BCUT2D eigenvalue weighted by Crippen LogP contribution is -2.41. The summed E-state index contributed by atoms with van der Waals surface area (Å²) in [6.45, 7) is 0.688. The van der Waals surface area contributed by atoms with Crippen LogP contribution in [0.5, 0.6) is 5.75 Å². The van der Waals surface area contributed by atoms with Crippen molar-refractivity contribution in [2.24, 2.45) is 0 Å². The molecule has 1 aliphatic rings. The Morgan fingerprint density at radius 1 is 1.39 bits per heavy atom. The van der Waals surface area contributed by atoms with Crippen LogP contribution < -0.4 is 20.9 Å². The zero-order valence-electron chi connectivity index (χ0n) is 17.0. The molecule has 6 atom stereocenters. The van der Waals surface area contributed by atoms with Crippen LogP contribution in [0.4, 0.5) is 0 Å². The first-order valence-corrected chi connectivity index (χ1v) is 12.2. The maximum Gasteiger partial charge on any atom is 0.459 e. The largest absolute Gasteiger partial charge is 0.480 e. The third-order valence-electron chi connectivity index (χ3n) is 4.58. The SMILES string of the molecule is C[C@@H](N[P@@](=O)(OC[C@H]1O[C@@H](n2ccc(=O)[nH]c2=O)[C@](Cl)(Br)[C@@H]1O)Oc1ccccc1)C(=O)O. The van der Waals surface area contributed by atoms with E-state index in [1.54, 1.807) is 18.2 Å². The second kappa shape index (κ2) is 10.1. The Morgan fingerprint density at radius 2 is 2.06 bits per heavy atom. The molecule has 0 saturated carbocycles. The first-order chi connectivity index (χ1) is 15.4. The van der Waals surface area contributed by atoms with Crippen molar-refractivity contribution in [2.75, 3.05) is 6.61 Å². The van der Waals surface area contributed by atoms with Crippen LogP contribution in [0, 0.1) is 0 Å². The number of aromatic nitrogens is 2. The molecule has 1 aliphatic heterocycles. The fourth-order valence-corrected chi connectivity index (χ4v) is 5.32. The van der Waals surface area contributed by atoms with E-state index in [0.29, 0.717) is 0 Å². The number of rotatable bonds is 9. The van der Waals surface area contributed by atoms with Crippen molar-refractivity contribution < 1.29 is 33.4 Å². The first kappa shape index (κ1) is 25.6. The zero-order valence-corrected chi connectivity index (χ0v) is 20.2. The average Bonchev–Trinajstić information content (AvgIpc) is 2.96. The van der Waals surface area contributed by atoms with E-state index in [9.17, 15) is 24.1 Å². The number of aliphatic hydroxyl groups excluding tert-OH is 1. The number of ether oxygens (including phenoxy) is 1. The normalized spacial score (nSPS) is 27.6. The summed E-state index contributed by atoms with van der Waals surface area (Å²) in [5.74, 6) is -1.16. The summed E-state index contributed by atoms with van der Waals surface area (Å²) in [6, 6.07) is 7.68. The molecular weight excluding hydrogens is 549 g/mol. The van der Waals surface area contributed by atoms with Gasteiger partial charge in [0.2, 0.25) is 0 Å². The van der Waals surface area contributed by atoms with Crippen LogP contribution in [-0.4, -0.2) is 54.4 Å². The Hall–Kier alpha value is -1.99. The lowest BCUT2D eigenvalue weighted by molar-refractivity contribution is -0.138. The first-order valence-electron chi connectivity index (χ1n) is 9.45. The number of para-hydroxylation sites is 1. The monoisotopic (exact) mass is 567 g/mol. The molecule has 0 spiro atoms. The van der Waals surface area contributed by atoms with Crippen molar-refractivity contribution in [2.45, 2.75) is 35.2 Å². The summed E-state index contributed by atoms with van der Waals surface area (Å²) in [5, 5.41) is 22.1. The van der Waals surface area contributed by atoms with Crippen LogP contribution in [0.15, 0.2) is 52.2 Å². The number of H-pyrrole nitrogens is 1. The Morgan fingerprint density at radius 3 is 2.67 bits per heavy atom. The summed E-state index contributed by atoms with van der Waals surface area (Å²) in [5.41, 5.74) is -1.47. The minimum absolute atomic E-state index is 0.142. The third kappa shape index (κ3) is 5.93. The zero-order chi connectivity index (χ0) is 24.4. The number of halogens is 2. The predicted molar refractivity (Wildman–Crippen MR) is 120 cm³/mol. The minimum atomic E-state index is -4.28. The van der Waals surface area contributed by atoms with Gasteiger partial charge in [-0.1, -0.05) is 45.7 Å². The van der Waals surface area contributed by atoms with Crippen LogP contribution in [-0.2, 0) is 18.6 Å². The summed E-state index contributed by atoms with van der Waals surface area (Å²) in [7, 11) is -4.28. The second-order valence-corrected chi connectivity index (χ2v) is 11.1. The van der Waals surface area contributed by atoms with Gasteiger partial charge in [-0.15, -0.1) is 0 Å². The maximum absolute atomic E-state index is 13.3. The predicted octanol–water partition coefficient (Wildman–Crippen LogP) is 1.39. The quantitative estimate of drug-likeness (QED) is 0.256. The summed E-state index contributed by atoms with van der Waals surface area (Å²) < 4.78 is 29.0. The van der Waals surface area contributed by atoms with E-state index < -0.39 is 59.8 Å². The lowest BCUT2D eigenvalue weighted by atomic mass is 10.2. The van der Waals surface area contributed by atoms with Gasteiger partial charge < -0.3 is 19.5 Å². The van der Waals surface area contributed by atoms with Gasteiger partial charge in [0.25, 0.3) is 5.56 Å². The van der Waals surface area contributed by atoms with E-state index in [-0.39, 0.29) is 5.75 Å². The number of aliphatic hydroxyl groups is 1. The summed E-state index contributed by atoms with van der Waals surface area (Å²) in [6.07, 6.45) is -2.85. The lowest BCUT2D eigenvalue weighted by Gasteiger charge is -2.25. The topological polar surface area (TPSA) is 169 Å². The van der Waals surface area contributed by atoms with E-state index in [4.69, 9.17) is 30.5 Å². The Balaban J connectivity index is 1.80. The standard InChI is InChI=1S/C18H20BrClN3O9P/c1-10(15(26)27)22-33(29,32-11-5-3-2-4-6-11)30-9-12-14(25)18(19,20)16(31-12)23-8-7-13(24)21-17(23)28/h2-8,10,12,14,16,25H,9H2,1H3,(H,22,29)(H,26,27)(H,21,24,28)/t10-,12-,14-,16-,18+,33-/m1/s1. The molecule has 0 radical (unpaired) electrons. The van der Waals surface area contributed by atoms with Gasteiger partial charge in [0.05, 0.1) is 6.61 Å². The van der Waals surface area contributed by atoms with Crippen LogP contribution in [0.1, 0.15) is 13.2 Å². The average molecular weight is 569 g/mol. The number of hydrogen-bond donors (Lipinski definition) is 4. The molecule has 180 valence electrons. The van der Waals surface area contributed by atoms with Crippen molar-refractivity contribution in [1.29, 1.82) is 0 Å². The second-order valence-electron chi connectivity index (χ2n) is 7.05. The van der Waals surface area contributed by atoms with E-state index in [0.717, 1.165) is 16.8 Å². The molecule has 0 amide bonds. The number of nitrogens with zero attached hydrogens (tertiary/aromatic N) is 1. The van der Waals surface area contributed by atoms with Crippen LogP contribution in [0.3, 0.4) is 0 Å². The van der Waals surface area contributed by atoms with Gasteiger partial charge in [0, 0.05) is 12.3 Å². The van der Waals surface area contributed by atoms with Gasteiger partial charge in [-0.3, -0.25) is 23.7 Å². The fourth-order valence-electron chi connectivity index (χ4n) is 2.89. The molecule has 1 aromatic carbocycles. The van der Waals surface area contributed by atoms with Crippen molar-refractivity contribution in [3.8, 4) is 5.75 Å². The Bertz CT molecular complexity index is 1160. The summed E-state index contributed by atoms with van der Waals surface area (Å²) in [4.78, 5) is 36.8. The van der Waals surface area contributed by atoms with Gasteiger partial charge in [-0.25, -0.2) is 9.36 Å². The highest BCUT2D eigenvalue weighted by Crippen LogP contribution is 2.50. The molecule has 0 aliphatic carbocycles. The molecule has 0 bridgehead atoms. The van der Waals surface area contributed by atoms with E-state index in [1.165, 1.54) is 19.1 Å². The molecule has 1 saturated heterocycles. The number of hydrogen-bond acceptors (Lipinski definition) is 8. The summed E-state index contributed by atoms with van der Waals surface area (Å²) >= 11 is 9.50. The highest BCUT2D eigenvalue weighted by atomic mass is 79.9. The van der Waals surface area contributed by atoms with E-state index in [2.05, 4.69) is 21.0 Å². The van der Waals surface area contributed by atoms with Gasteiger partial charge >= 0.3 is 19.4 Å². The highest BCUT2D eigenvalue weighted by Gasteiger charge is 2.55. The highest BCUT2D eigenvalue weighted by molar-refractivity contribution is 9.10. The van der Waals surface area contributed by atoms with E-state index in [1.807, 2.05) is 4.98 Å². The molecular formula is C18H20BrClN3O9P. The molecule has 1 aromatic heterocycles. The molecule has 2 aromatic rings. The van der Waals surface area contributed by atoms with Gasteiger partial charge in [-0.2, -0.15) is 5.09 Å². The Kier molecular flexibility index (Phi) is 7.84. The minimum Gasteiger partial charge on any atom is -0.480 e. The van der Waals surface area contributed by atoms with E-state index >= 15 is 0 Å². The smallest absolute Gasteiger partial charge is 0.459 e. The maximum atomic E-state index is 13.3. The van der Waals surface area contributed by atoms with Gasteiger partial charge in [0.1, 0.15) is 24.0 Å². The number of carboxylic acid groups (broad SMARTS) is 1. The van der Waals surface area contributed by atoms with Crippen molar-refractivity contribution in [3.63, 3.8) is 0 Å². The number of benzene rings is 1. The van der Waals surface area contributed by atoms with Crippen molar-refractivity contribution in [1.82, 2.24) is 14.6 Å². The third-order valence-corrected chi connectivity index (χ3v) is 7.50. The molecule has 3 rings (SSSR count). The molecule has 2 heterocycles. The molecule has 33 heavy (non-hydrogen) atoms. The van der Waals surface area contributed by atoms with Gasteiger partial charge in [-0.05, 0) is 19.1 Å². The number of alkyl halides is 2. The number of aliphatic carboxylic acids is 1. The van der Waals surface area contributed by atoms with Crippen molar-refractivity contribution in [3.05, 3.63) is 63.4 Å². The number of carboxylic acids is 1. The molecule has 15 heteroatoms. The van der Waals surface area contributed by atoms with Crippen LogP contribution in [0.2, 0.25) is 0 Å². The molecule has 4 N–H and O–H groups in total. The fraction of sp³-hybridized carbons (Fsp3) is 0.389. The Labute approximate surface area is 200 Å². The number of carbonyl (C=O) groups is 1. The molecule has 12 nitrogen and oxygen atoms in total. The van der Waals surface area contributed by atoms with Gasteiger partial charge in [0.15, 0.2) is 10.0 Å². The van der Waals surface area contributed by atoms with Crippen molar-refractivity contribution >= 4 is 41.2 Å². The number of aromatic amines is 1. The van der Waals surface area contributed by atoms with Crippen LogP contribution in [0.25, 0.3) is 0 Å². The number of nitrogens with one attached hydrogen (secondary N) is 2. The molecule has 0 unspecified atom stereocenters.